The van der Waals surface area contributed by atoms with Gasteiger partial charge >= 0.3 is 11.9 Å². The topological polar surface area (TPSA) is 134 Å². The largest absolute Gasteiger partial charge is 0.468 e. The van der Waals surface area contributed by atoms with Crippen molar-refractivity contribution in [1.82, 2.24) is 5.32 Å². The van der Waals surface area contributed by atoms with E-state index in [9.17, 15) is 24.5 Å². The van der Waals surface area contributed by atoms with Gasteiger partial charge in [0.25, 0.3) is 5.69 Å². The molecule has 3 rings (SSSR count). The van der Waals surface area contributed by atoms with Crippen LogP contribution in [0.5, 0.6) is 0 Å². The van der Waals surface area contributed by atoms with Crippen molar-refractivity contribution in [2.24, 2.45) is 11.8 Å². The lowest BCUT2D eigenvalue weighted by Gasteiger charge is -2.38. The zero-order valence-electron chi connectivity index (χ0n) is 20.3. The highest BCUT2D eigenvalue weighted by Gasteiger charge is 2.47. The van der Waals surface area contributed by atoms with Crippen LogP contribution in [0.1, 0.15) is 45.1 Å². The molecule has 0 amide bonds. The SMILES string of the molecule is CCCOCCOC(=O)C1=C(C)NC2=C(C(=O)[C@H](C(=O)OC)[C@H](C)C2)[C@H]1c1cccc([N+](=O)[O-])c1. The Bertz CT molecular complexity index is 1090. The summed E-state index contributed by atoms with van der Waals surface area (Å²) in [6.45, 7) is 6.21. The van der Waals surface area contributed by atoms with E-state index < -0.39 is 34.5 Å². The molecule has 0 aromatic heterocycles. The molecule has 0 fully saturated rings. The van der Waals surface area contributed by atoms with Crippen molar-refractivity contribution in [3.63, 3.8) is 0 Å². The molecular formula is C25H30N2O8. The maximum Gasteiger partial charge on any atom is 0.336 e. The number of esters is 2. The standard InChI is InChI=1S/C25H30N2O8/c1-5-9-34-10-11-35-25(30)20-15(3)26-18-12-14(2)19(24(29)33-4)23(28)22(18)21(20)16-7-6-8-17(13-16)27(31)32/h6-8,13-14,19,21,26H,5,9-12H2,1-4H3/t14-,19-,21+/m1/s1. The monoisotopic (exact) mass is 486 g/mol. The molecule has 0 unspecified atom stereocenters. The average molecular weight is 487 g/mol. The third-order valence-corrected chi connectivity index (χ3v) is 6.19. The molecule has 10 nitrogen and oxygen atoms in total. The number of allylic oxidation sites excluding steroid dienone is 3. The van der Waals surface area contributed by atoms with Gasteiger partial charge in [0.15, 0.2) is 5.78 Å². The van der Waals surface area contributed by atoms with Gasteiger partial charge in [0.1, 0.15) is 12.5 Å². The van der Waals surface area contributed by atoms with Crippen molar-refractivity contribution >= 4 is 23.4 Å². The highest BCUT2D eigenvalue weighted by atomic mass is 16.6. The summed E-state index contributed by atoms with van der Waals surface area (Å²) in [5, 5.41) is 14.6. The van der Waals surface area contributed by atoms with Gasteiger partial charge in [0.2, 0.25) is 0 Å². The van der Waals surface area contributed by atoms with E-state index in [1.165, 1.54) is 25.3 Å². The number of non-ortho nitro benzene ring substituents is 1. The Balaban J connectivity index is 2.07. The summed E-state index contributed by atoms with van der Waals surface area (Å²) in [6, 6.07) is 5.79. The molecule has 1 aromatic carbocycles. The summed E-state index contributed by atoms with van der Waals surface area (Å²) in [6.07, 6.45) is 1.20. The van der Waals surface area contributed by atoms with Crippen LogP contribution in [0.25, 0.3) is 0 Å². The van der Waals surface area contributed by atoms with Crippen molar-refractivity contribution in [3.05, 3.63) is 62.5 Å². The molecule has 0 saturated heterocycles. The minimum atomic E-state index is -1.04. The van der Waals surface area contributed by atoms with Crippen LogP contribution in [0.2, 0.25) is 0 Å². The Morgan fingerprint density at radius 1 is 1.23 bits per heavy atom. The molecule has 1 aliphatic heterocycles. The first kappa shape index (κ1) is 26.1. The number of benzene rings is 1. The number of dihydropyridines is 1. The van der Waals surface area contributed by atoms with E-state index in [-0.39, 0.29) is 36.0 Å². The normalized spacial score (nSPS) is 21.8. The second-order valence-electron chi connectivity index (χ2n) is 8.64. The second kappa shape index (κ2) is 11.3. The molecule has 0 bridgehead atoms. The van der Waals surface area contributed by atoms with Crippen LogP contribution in [0.4, 0.5) is 5.69 Å². The van der Waals surface area contributed by atoms with E-state index in [1.54, 1.807) is 19.9 Å². The summed E-state index contributed by atoms with van der Waals surface area (Å²) in [7, 11) is 1.22. The van der Waals surface area contributed by atoms with Crippen LogP contribution in [0.15, 0.2) is 46.8 Å². The molecule has 0 radical (unpaired) electrons. The highest BCUT2D eigenvalue weighted by Crippen LogP contribution is 2.45. The molecule has 35 heavy (non-hydrogen) atoms. The van der Waals surface area contributed by atoms with Crippen molar-refractivity contribution in [2.45, 2.75) is 39.5 Å². The number of ether oxygens (including phenoxy) is 3. The third-order valence-electron chi connectivity index (χ3n) is 6.19. The van der Waals surface area contributed by atoms with Gasteiger partial charge in [-0.2, -0.15) is 0 Å². The minimum absolute atomic E-state index is 0.0128. The predicted octanol–water partition coefficient (Wildman–Crippen LogP) is 3.18. The van der Waals surface area contributed by atoms with Crippen LogP contribution in [0, 0.1) is 22.0 Å². The summed E-state index contributed by atoms with van der Waals surface area (Å²) < 4.78 is 15.7. The maximum atomic E-state index is 13.7. The maximum absolute atomic E-state index is 13.7. The lowest BCUT2D eigenvalue weighted by molar-refractivity contribution is -0.384. The number of Topliss-reactive ketones (excluding diaryl/α,β-unsaturated/α-hetero) is 1. The molecule has 2 aliphatic rings. The lowest BCUT2D eigenvalue weighted by Crippen LogP contribution is -2.43. The van der Waals surface area contributed by atoms with E-state index in [4.69, 9.17) is 14.2 Å². The van der Waals surface area contributed by atoms with Crippen LogP contribution >= 0.6 is 0 Å². The first-order chi connectivity index (χ1) is 16.7. The molecule has 10 heteroatoms. The van der Waals surface area contributed by atoms with Gasteiger partial charge in [0, 0.05) is 41.6 Å². The molecule has 0 spiro atoms. The van der Waals surface area contributed by atoms with E-state index in [0.717, 1.165) is 6.42 Å². The fraction of sp³-hybridized carbons (Fsp3) is 0.480. The van der Waals surface area contributed by atoms with Gasteiger partial charge in [0.05, 0.1) is 24.2 Å². The van der Waals surface area contributed by atoms with Crippen LogP contribution < -0.4 is 5.32 Å². The number of nitrogens with zero attached hydrogens (tertiary/aromatic N) is 1. The first-order valence-electron chi connectivity index (χ1n) is 11.5. The number of carbonyl (C=O) groups is 3. The Morgan fingerprint density at radius 2 is 1.97 bits per heavy atom. The molecule has 1 N–H and O–H groups in total. The van der Waals surface area contributed by atoms with E-state index >= 15 is 0 Å². The van der Waals surface area contributed by atoms with Crippen LogP contribution in [0.3, 0.4) is 0 Å². The quantitative estimate of drug-likeness (QED) is 0.184. The molecule has 1 aliphatic carbocycles. The van der Waals surface area contributed by atoms with Gasteiger partial charge in [-0.05, 0) is 31.2 Å². The summed E-state index contributed by atoms with van der Waals surface area (Å²) in [4.78, 5) is 50.3. The van der Waals surface area contributed by atoms with Crippen molar-refractivity contribution < 1.29 is 33.5 Å². The smallest absolute Gasteiger partial charge is 0.336 e. The molecule has 1 aromatic rings. The average Bonchev–Trinajstić information content (AvgIpc) is 2.82. The molecule has 188 valence electrons. The fourth-order valence-corrected chi connectivity index (χ4v) is 4.62. The molecule has 3 atom stereocenters. The van der Waals surface area contributed by atoms with Crippen molar-refractivity contribution in [3.8, 4) is 0 Å². The number of hydrogen-bond donors (Lipinski definition) is 1. The third kappa shape index (κ3) is 5.43. The van der Waals surface area contributed by atoms with Gasteiger partial charge in [-0.3, -0.25) is 19.7 Å². The number of hydrogen-bond acceptors (Lipinski definition) is 9. The van der Waals surface area contributed by atoms with Crippen LogP contribution in [-0.4, -0.2) is 49.6 Å². The Labute approximate surface area is 203 Å². The number of nitrogens with one attached hydrogen (secondary N) is 1. The molecule has 0 saturated carbocycles. The van der Waals surface area contributed by atoms with Gasteiger partial charge in [-0.1, -0.05) is 26.0 Å². The predicted molar refractivity (Wildman–Crippen MR) is 125 cm³/mol. The van der Waals surface area contributed by atoms with E-state index in [1.807, 2.05) is 6.92 Å². The van der Waals surface area contributed by atoms with Crippen molar-refractivity contribution in [2.75, 3.05) is 26.9 Å². The zero-order valence-corrected chi connectivity index (χ0v) is 20.3. The fourth-order valence-electron chi connectivity index (χ4n) is 4.62. The molecular weight excluding hydrogens is 456 g/mol. The van der Waals surface area contributed by atoms with Crippen molar-refractivity contribution in [1.29, 1.82) is 0 Å². The second-order valence-corrected chi connectivity index (χ2v) is 8.64. The zero-order chi connectivity index (χ0) is 25.7. The summed E-state index contributed by atoms with van der Waals surface area (Å²) >= 11 is 0. The van der Waals surface area contributed by atoms with E-state index in [0.29, 0.717) is 30.0 Å². The van der Waals surface area contributed by atoms with E-state index in [2.05, 4.69) is 5.32 Å². The van der Waals surface area contributed by atoms with Gasteiger partial charge in [-0.25, -0.2) is 4.79 Å². The summed E-state index contributed by atoms with van der Waals surface area (Å²) in [5.41, 5.74) is 1.65. The van der Waals surface area contributed by atoms with Crippen LogP contribution in [-0.2, 0) is 28.6 Å². The Hall–Kier alpha value is -3.53. The number of carbonyl (C=O) groups excluding carboxylic acids is 3. The highest BCUT2D eigenvalue weighted by molar-refractivity contribution is 6.12. The minimum Gasteiger partial charge on any atom is -0.468 e. The number of nitro benzene ring substituents is 1. The lowest BCUT2D eigenvalue weighted by atomic mass is 9.69. The molecule has 1 heterocycles. The van der Waals surface area contributed by atoms with Gasteiger partial charge in [-0.15, -0.1) is 0 Å². The Kier molecular flexibility index (Phi) is 8.39. The van der Waals surface area contributed by atoms with Gasteiger partial charge < -0.3 is 19.5 Å². The number of ketones is 1. The number of nitro groups is 1. The Morgan fingerprint density at radius 3 is 2.63 bits per heavy atom. The number of rotatable bonds is 9. The number of methoxy groups -OCH3 is 1. The summed E-state index contributed by atoms with van der Waals surface area (Å²) in [5.74, 6) is -4.11. The first-order valence-corrected chi connectivity index (χ1v) is 11.5.